The van der Waals surface area contributed by atoms with E-state index in [0.29, 0.717) is 18.8 Å². The van der Waals surface area contributed by atoms with Gasteiger partial charge in [0.25, 0.3) is 0 Å². The number of hydrogen-bond acceptors (Lipinski definition) is 3. The molecule has 0 saturated heterocycles. The fourth-order valence-corrected chi connectivity index (χ4v) is 1.58. The van der Waals surface area contributed by atoms with Crippen molar-refractivity contribution in [3.8, 4) is 11.5 Å². The van der Waals surface area contributed by atoms with E-state index in [2.05, 4.69) is 0 Å². The minimum atomic E-state index is -0.458. The van der Waals surface area contributed by atoms with Gasteiger partial charge in [-0.3, -0.25) is 0 Å². The van der Waals surface area contributed by atoms with Crippen LogP contribution in [-0.4, -0.2) is 18.8 Å². The molecular weight excluding hydrogens is 168 g/mol. The fraction of sp³-hybridized carbons (Fsp3) is 0.400. The average Bonchev–Trinajstić information content (AvgIpc) is 2.17. The van der Waals surface area contributed by atoms with Gasteiger partial charge in [0.15, 0.2) is 0 Å². The minimum absolute atomic E-state index is 0.458. The first-order valence-electron chi connectivity index (χ1n) is 4.30. The van der Waals surface area contributed by atoms with Gasteiger partial charge in [-0.05, 0) is 12.1 Å². The lowest BCUT2D eigenvalue weighted by molar-refractivity contribution is 0.112. The molecule has 3 nitrogen and oxygen atoms in total. The zero-order valence-corrected chi connectivity index (χ0v) is 7.49. The Labute approximate surface area is 76.9 Å². The maximum absolute atomic E-state index is 9.71. The Balaban J connectivity index is 2.50. The summed E-state index contributed by atoms with van der Waals surface area (Å²) >= 11 is 0. The quantitative estimate of drug-likeness (QED) is 0.712. The highest BCUT2D eigenvalue weighted by molar-refractivity contribution is 5.47. The third-order valence-electron chi connectivity index (χ3n) is 2.23. The molecule has 70 valence electrons. The molecule has 0 saturated carbocycles. The first-order valence-corrected chi connectivity index (χ1v) is 4.30. The highest BCUT2D eigenvalue weighted by Crippen LogP contribution is 2.38. The molecule has 1 aliphatic rings. The molecule has 1 unspecified atom stereocenters. The van der Waals surface area contributed by atoms with Gasteiger partial charge in [0.2, 0.25) is 0 Å². The molecule has 0 aliphatic carbocycles. The van der Waals surface area contributed by atoms with Crippen molar-refractivity contribution < 1.29 is 14.6 Å². The van der Waals surface area contributed by atoms with E-state index in [9.17, 15) is 5.11 Å². The van der Waals surface area contributed by atoms with Crippen molar-refractivity contribution in [1.82, 2.24) is 0 Å². The number of aliphatic hydroxyl groups is 1. The molecule has 1 atom stereocenters. The van der Waals surface area contributed by atoms with Gasteiger partial charge < -0.3 is 14.6 Å². The van der Waals surface area contributed by atoms with E-state index in [1.807, 2.05) is 18.2 Å². The number of ether oxygens (including phenoxy) is 2. The molecule has 0 aromatic heterocycles. The molecule has 3 heteroatoms. The van der Waals surface area contributed by atoms with Crippen molar-refractivity contribution in [2.24, 2.45) is 0 Å². The summed E-state index contributed by atoms with van der Waals surface area (Å²) < 4.78 is 10.5. The largest absolute Gasteiger partial charge is 0.496 e. The number of methoxy groups -OCH3 is 1. The smallest absolute Gasteiger partial charge is 0.128 e. The maximum atomic E-state index is 9.71. The highest BCUT2D eigenvalue weighted by atomic mass is 16.5. The summed E-state index contributed by atoms with van der Waals surface area (Å²) in [5.74, 6) is 1.43. The second-order valence-corrected chi connectivity index (χ2v) is 3.03. The maximum Gasteiger partial charge on any atom is 0.128 e. The number of benzene rings is 1. The lowest BCUT2D eigenvalue weighted by Gasteiger charge is -2.23. The summed E-state index contributed by atoms with van der Waals surface area (Å²) in [4.78, 5) is 0. The van der Waals surface area contributed by atoms with E-state index in [-0.39, 0.29) is 0 Å². The van der Waals surface area contributed by atoms with Crippen LogP contribution in [0.1, 0.15) is 18.1 Å². The van der Waals surface area contributed by atoms with Gasteiger partial charge in [0.05, 0.1) is 25.4 Å². The molecule has 1 aromatic carbocycles. The SMILES string of the molecule is COc1cccc2c1C(O)CCO2. The molecular formula is C10H12O3. The zero-order valence-electron chi connectivity index (χ0n) is 7.49. The Hall–Kier alpha value is -1.22. The molecule has 1 aliphatic heterocycles. The summed E-state index contributed by atoms with van der Waals surface area (Å²) in [6.07, 6.45) is 0.174. The fourth-order valence-electron chi connectivity index (χ4n) is 1.58. The first-order chi connectivity index (χ1) is 6.33. The standard InChI is InChI=1S/C10H12O3/c1-12-8-3-2-4-9-10(8)7(11)5-6-13-9/h2-4,7,11H,5-6H2,1H3. The molecule has 1 N–H and O–H groups in total. The topological polar surface area (TPSA) is 38.7 Å². The van der Waals surface area contributed by atoms with E-state index >= 15 is 0 Å². The first kappa shape index (κ1) is 8.38. The minimum Gasteiger partial charge on any atom is -0.496 e. The van der Waals surface area contributed by atoms with Crippen molar-refractivity contribution in [2.75, 3.05) is 13.7 Å². The molecule has 0 spiro atoms. The van der Waals surface area contributed by atoms with Gasteiger partial charge in [-0.25, -0.2) is 0 Å². The summed E-state index contributed by atoms with van der Waals surface area (Å²) in [5.41, 5.74) is 0.774. The predicted octanol–water partition coefficient (Wildman–Crippen LogP) is 1.51. The molecule has 13 heavy (non-hydrogen) atoms. The number of hydrogen-bond donors (Lipinski definition) is 1. The van der Waals surface area contributed by atoms with Crippen molar-refractivity contribution in [3.63, 3.8) is 0 Å². The Bertz CT molecular complexity index is 295. The summed E-state index contributed by atoms with van der Waals surface area (Å²) in [6.45, 7) is 0.571. The van der Waals surface area contributed by atoms with Gasteiger partial charge in [0, 0.05) is 6.42 Å². The molecule has 0 fully saturated rings. The van der Waals surface area contributed by atoms with Gasteiger partial charge in [0.1, 0.15) is 11.5 Å². The summed E-state index contributed by atoms with van der Waals surface area (Å²) in [5, 5.41) is 9.71. The van der Waals surface area contributed by atoms with Gasteiger partial charge in [-0.15, -0.1) is 0 Å². The summed E-state index contributed by atoms with van der Waals surface area (Å²) in [6, 6.07) is 5.53. The monoisotopic (exact) mass is 180 g/mol. The van der Waals surface area contributed by atoms with Crippen LogP contribution in [0, 0.1) is 0 Å². The third kappa shape index (κ3) is 1.35. The third-order valence-corrected chi connectivity index (χ3v) is 2.23. The van der Waals surface area contributed by atoms with Crippen molar-refractivity contribution in [2.45, 2.75) is 12.5 Å². The van der Waals surface area contributed by atoms with Crippen molar-refractivity contribution >= 4 is 0 Å². The Morgan fingerprint density at radius 3 is 3.15 bits per heavy atom. The number of rotatable bonds is 1. The van der Waals surface area contributed by atoms with Crippen LogP contribution in [0.2, 0.25) is 0 Å². The Morgan fingerprint density at radius 1 is 1.54 bits per heavy atom. The van der Waals surface area contributed by atoms with Crippen LogP contribution in [0.5, 0.6) is 11.5 Å². The van der Waals surface area contributed by atoms with Crippen LogP contribution in [0.15, 0.2) is 18.2 Å². The van der Waals surface area contributed by atoms with Crippen LogP contribution in [0.4, 0.5) is 0 Å². The predicted molar refractivity (Wildman–Crippen MR) is 48.1 cm³/mol. The molecule has 1 aromatic rings. The van der Waals surface area contributed by atoms with E-state index in [1.165, 1.54) is 0 Å². The van der Waals surface area contributed by atoms with Crippen LogP contribution in [-0.2, 0) is 0 Å². The highest BCUT2D eigenvalue weighted by Gasteiger charge is 2.22. The molecule has 0 radical (unpaired) electrons. The number of fused-ring (bicyclic) bond motifs is 1. The molecule has 0 amide bonds. The van der Waals surface area contributed by atoms with E-state index in [4.69, 9.17) is 9.47 Å². The van der Waals surface area contributed by atoms with Crippen molar-refractivity contribution in [1.29, 1.82) is 0 Å². The molecule has 2 rings (SSSR count). The average molecular weight is 180 g/mol. The van der Waals surface area contributed by atoms with Crippen LogP contribution in [0.25, 0.3) is 0 Å². The van der Waals surface area contributed by atoms with Gasteiger partial charge in [-0.1, -0.05) is 6.07 Å². The van der Waals surface area contributed by atoms with Gasteiger partial charge in [-0.2, -0.15) is 0 Å². The lowest BCUT2D eigenvalue weighted by atomic mass is 10.0. The zero-order chi connectivity index (χ0) is 9.26. The molecule has 1 heterocycles. The van der Waals surface area contributed by atoms with Crippen LogP contribution < -0.4 is 9.47 Å². The van der Waals surface area contributed by atoms with Crippen molar-refractivity contribution in [3.05, 3.63) is 23.8 Å². The van der Waals surface area contributed by atoms with E-state index in [0.717, 1.165) is 11.3 Å². The van der Waals surface area contributed by atoms with E-state index < -0.39 is 6.10 Å². The summed E-state index contributed by atoms with van der Waals surface area (Å²) in [7, 11) is 1.59. The Morgan fingerprint density at radius 2 is 2.38 bits per heavy atom. The van der Waals surface area contributed by atoms with Gasteiger partial charge >= 0.3 is 0 Å². The normalized spacial score (nSPS) is 20.3. The second kappa shape index (κ2) is 3.26. The van der Waals surface area contributed by atoms with Crippen LogP contribution in [0.3, 0.4) is 0 Å². The second-order valence-electron chi connectivity index (χ2n) is 3.03. The van der Waals surface area contributed by atoms with Crippen LogP contribution >= 0.6 is 0 Å². The lowest BCUT2D eigenvalue weighted by Crippen LogP contribution is -2.14. The Kier molecular flexibility index (Phi) is 2.10. The van der Waals surface area contributed by atoms with E-state index in [1.54, 1.807) is 7.11 Å². The number of aliphatic hydroxyl groups excluding tert-OH is 1. The molecule has 0 bridgehead atoms.